The molecule has 1 fully saturated rings. The van der Waals surface area contributed by atoms with Crippen molar-refractivity contribution in [3.8, 4) is 5.75 Å². The number of ether oxygens (including phenoxy) is 1. The monoisotopic (exact) mass is 288 g/mol. The van der Waals surface area contributed by atoms with Crippen LogP contribution in [0.1, 0.15) is 46.0 Å². The van der Waals surface area contributed by atoms with Crippen molar-refractivity contribution in [2.24, 2.45) is 5.92 Å². The molecule has 1 amide bonds. The lowest BCUT2D eigenvalue weighted by molar-refractivity contribution is -0.122. The molecule has 3 rings (SSSR count). The Kier molecular flexibility index (Phi) is 4.04. The van der Waals surface area contributed by atoms with Crippen LogP contribution in [0, 0.1) is 5.92 Å². The summed E-state index contributed by atoms with van der Waals surface area (Å²) in [5, 5.41) is 6.49. The molecule has 1 unspecified atom stereocenters. The highest BCUT2D eigenvalue weighted by Crippen LogP contribution is 2.34. The predicted molar refractivity (Wildman–Crippen MR) is 84.8 cm³/mol. The van der Waals surface area contributed by atoms with Gasteiger partial charge in [0.25, 0.3) is 5.91 Å². The van der Waals surface area contributed by atoms with Crippen LogP contribution >= 0.6 is 0 Å². The van der Waals surface area contributed by atoms with Gasteiger partial charge in [0, 0.05) is 11.7 Å². The first kappa shape index (κ1) is 14.2. The van der Waals surface area contributed by atoms with Crippen molar-refractivity contribution >= 4 is 17.3 Å². The van der Waals surface area contributed by atoms with E-state index in [2.05, 4.69) is 17.6 Å². The van der Waals surface area contributed by atoms with Crippen LogP contribution in [0.15, 0.2) is 18.2 Å². The molecule has 0 bridgehead atoms. The molecule has 2 N–H and O–H groups in total. The van der Waals surface area contributed by atoms with Crippen molar-refractivity contribution in [2.75, 3.05) is 10.6 Å². The number of carbonyl (C=O) groups is 1. The summed E-state index contributed by atoms with van der Waals surface area (Å²) >= 11 is 0. The van der Waals surface area contributed by atoms with E-state index in [4.69, 9.17) is 4.74 Å². The van der Waals surface area contributed by atoms with Gasteiger partial charge in [0.05, 0.1) is 5.69 Å². The summed E-state index contributed by atoms with van der Waals surface area (Å²) in [4.78, 5) is 11.7. The Hall–Kier alpha value is -1.71. The number of nitrogens with one attached hydrogen (secondary N) is 2. The Bertz CT molecular complexity index is 522. The third-order valence-electron chi connectivity index (χ3n) is 4.71. The van der Waals surface area contributed by atoms with Gasteiger partial charge in [-0.2, -0.15) is 0 Å². The van der Waals surface area contributed by atoms with E-state index < -0.39 is 6.10 Å². The van der Waals surface area contributed by atoms with E-state index in [0.717, 1.165) is 23.0 Å². The van der Waals surface area contributed by atoms with Gasteiger partial charge in [0.1, 0.15) is 5.75 Å². The number of carbonyl (C=O) groups excluding carboxylic acids is 1. The van der Waals surface area contributed by atoms with Crippen molar-refractivity contribution in [1.29, 1.82) is 0 Å². The van der Waals surface area contributed by atoms with Crippen LogP contribution in [-0.2, 0) is 4.79 Å². The van der Waals surface area contributed by atoms with E-state index in [-0.39, 0.29) is 5.91 Å². The molecule has 2 aliphatic rings. The first-order chi connectivity index (χ1) is 10.2. The first-order valence-corrected chi connectivity index (χ1v) is 8.04. The highest BCUT2D eigenvalue weighted by Gasteiger charge is 2.24. The number of benzene rings is 1. The van der Waals surface area contributed by atoms with Crippen LogP contribution in [0.5, 0.6) is 5.75 Å². The molecule has 114 valence electrons. The summed E-state index contributed by atoms with van der Waals surface area (Å²) in [7, 11) is 0. The van der Waals surface area contributed by atoms with E-state index in [0.29, 0.717) is 6.04 Å². The number of fused-ring (bicyclic) bond motifs is 1. The molecule has 4 nitrogen and oxygen atoms in total. The molecule has 1 aromatic rings. The van der Waals surface area contributed by atoms with Crippen molar-refractivity contribution < 1.29 is 9.53 Å². The second-order valence-corrected chi connectivity index (χ2v) is 6.23. The molecule has 1 aromatic carbocycles. The minimum absolute atomic E-state index is 0.0805. The van der Waals surface area contributed by atoms with E-state index >= 15 is 0 Å². The van der Waals surface area contributed by atoms with Gasteiger partial charge in [0.2, 0.25) is 0 Å². The molecule has 0 saturated heterocycles. The highest BCUT2D eigenvalue weighted by molar-refractivity contribution is 5.98. The van der Waals surface area contributed by atoms with Gasteiger partial charge in [-0.15, -0.1) is 0 Å². The second-order valence-electron chi connectivity index (χ2n) is 6.23. The molecule has 0 aromatic heterocycles. The van der Waals surface area contributed by atoms with E-state index in [1.165, 1.54) is 32.1 Å². The lowest BCUT2D eigenvalue weighted by Crippen LogP contribution is -2.34. The molecule has 21 heavy (non-hydrogen) atoms. The van der Waals surface area contributed by atoms with Crippen LogP contribution < -0.4 is 15.4 Å². The standard InChI is InChI=1S/C17H24N2O2/c1-3-12-4-6-13(7-5-12)18-14-8-9-16-15(10-14)19-17(20)11(2)21-16/h8-13,18H,3-7H2,1-2H3,(H,19,20). The van der Waals surface area contributed by atoms with Crippen molar-refractivity contribution in [3.05, 3.63) is 18.2 Å². The topological polar surface area (TPSA) is 50.4 Å². The minimum Gasteiger partial charge on any atom is -0.479 e. The fraction of sp³-hybridized carbons (Fsp3) is 0.588. The molecule has 0 radical (unpaired) electrons. The van der Waals surface area contributed by atoms with Gasteiger partial charge in [-0.25, -0.2) is 0 Å². The highest BCUT2D eigenvalue weighted by atomic mass is 16.5. The van der Waals surface area contributed by atoms with Crippen molar-refractivity contribution in [2.45, 2.75) is 58.1 Å². The summed E-state index contributed by atoms with van der Waals surface area (Å²) in [6.07, 6.45) is 5.98. The lowest BCUT2D eigenvalue weighted by atomic mass is 9.84. The summed E-state index contributed by atoms with van der Waals surface area (Å²) < 4.78 is 5.58. The maximum absolute atomic E-state index is 11.7. The number of hydrogen-bond acceptors (Lipinski definition) is 3. The van der Waals surface area contributed by atoms with E-state index in [1.807, 2.05) is 18.2 Å². The average molecular weight is 288 g/mol. The largest absolute Gasteiger partial charge is 0.479 e. The first-order valence-electron chi connectivity index (χ1n) is 8.04. The van der Waals surface area contributed by atoms with Gasteiger partial charge in [-0.3, -0.25) is 4.79 Å². The molecule has 0 spiro atoms. The van der Waals surface area contributed by atoms with Crippen LogP contribution in [-0.4, -0.2) is 18.1 Å². The van der Waals surface area contributed by atoms with Gasteiger partial charge in [-0.05, 0) is 56.7 Å². The molecule has 1 heterocycles. The van der Waals surface area contributed by atoms with E-state index in [1.54, 1.807) is 6.92 Å². The summed E-state index contributed by atoms with van der Waals surface area (Å²) in [6, 6.07) is 6.50. The van der Waals surface area contributed by atoms with Gasteiger partial charge in [0.15, 0.2) is 6.10 Å². The van der Waals surface area contributed by atoms with Gasteiger partial charge >= 0.3 is 0 Å². The average Bonchev–Trinajstić information content (AvgIpc) is 2.49. The van der Waals surface area contributed by atoms with Gasteiger partial charge in [-0.1, -0.05) is 13.3 Å². The summed E-state index contributed by atoms with van der Waals surface area (Å²) in [5.41, 5.74) is 1.83. The zero-order valence-electron chi connectivity index (χ0n) is 12.8. The maximum atomic E-state index is 11.7. The Labute approximate surface area is 126 Å². The zero-order chi connectivity index (χ0) is 14.8. The van der Waals surface area contributed by atoms with Crippen LogP contribution in [0.2, 0.25) is 0 Å². The number of anilines is 2. The molecule has 1 aliphatic carbocycles. The maximum Gasteiger partial charge on any atom is 0.265 e. The Balaban J connectivity index is 1.65. The molecular formula is C17H24N2O2. The molecule has 1 atom stereocenters. The molecule has 4 heteroatoms. The predicted octanol–water partition coefficient (Wildman–Crippen LogP) is 3.79. The second kappa shape index (κ2) is 5.96. The fourth-order valence-electron chi connectivity index (χ4n) is 3.25. The summed E-state index contributed by atoms with van der Waals surface area (Å²) in [5.74, 6) is 1.58. The zero-order valence-corrected chi connectivity index (χ0v) is 12.8. The van der Waals surface area contributed by atoms with Crippen LogP contribution in [0.25, 0.3) is 0 Å². The Morgan fingerprint density at radius 1 is 1.29 bits per heavy atom. The molecular weight excluding hydrogens is 264 g/mol. The number of rotatable bonds is 3. The van der Waals surface area contributed by atoms with Gasteiger partial charge < -0.3 is 15.4 Å². The van der Waals surface area contributed by atoms with Crippen LogP contribution in [0.3, 0.4) is 0 Å². The normalized spacial score (nSPS) is 28.3. The third-order valence-corrected chi connectivity index (χ3v) is 4.71. The minimum atomic E-state index is -0.416. The quantitative estimate of drug-likeness (QED) is 0.889. The summed E-state index contributed by atoms with van der Waals surface area (Å²) in [6.45, 7) is 4.04. The Morgan fingerprint density at radius 3 is 2.76 bits per heavy atom. The third kappa shape index (κ3) is 3.14. The SMILES string of the molecule is CCC1CCC(Nc2ccc3c(c2)NC(=O)C(C)O3)CC1. The fourth-order valence-corrected chi connectivity index (χ4v) is 3.25. The number of hydrogen-bond donors (Lipinski definition) is 2. The molecule has 1 aliphatic heterocycles. The molecule has 1 saturated carbocycles. The lowest BCUT2D eigenvalue weighted by Gasteiger charge is -2.30. The van der Waals surface area contributed by atoms with Crippen LogP contribution in [0.4, 0.5) is 11.4 Å². The Morgan fingerprint density at radius 2 is 2.05 bits per heavy atom. The number of amides is 1. The van der Waals surface area contributed by atoms with E-state index in [9.17, 15) is 4.79 Å². The van der Waals surface area contributed by atoms with Crippen molar-refractivity contribution in [3.63, 3.8) is 0 Å². The van der Waals surface area contributed by atoms with Crippen molar-refractivity contribution in [1.82, 2.24) is 0 Å². The smallest absolute Gasteiger partial charge is 0.265 e.